The molecule has 0 aromatic carbocycles. The zero-order valence-electron chi connectivity index (χ0n) is 41.6. The second-order valence-electron chi connectivity index (χ2n) is 22.5. The fourth-order valence-corrected chi connectivity index (χ4v) is 28.2. The molecule has 0 heterocycles. The normalized spacial score (nSPS) is 27.7. The molecule has 3 fully saturated rings. The summed E-state index contributed by atoms with van der Waals surface area (Å²) in [6.07, 6.45) is 17.7. The van der Waals surface area contributed by atoms with Gasteiger partial charge in [0, 0.05) is 6.42 Å². The predicted molar refractivity (Wildman–Crippen MR) is 260 cm³/mol. The van der Waals surface area contributed by atoms with Crippen LogP contribution in [-0.4, -0.2) is 42.8 Å². The molecular weight excluding hydrogens is 745 g/mol. The highest BCUT2D eigenvalue weighted by atomic mass is 28.4. The molecule has 0 aromatic rings. The van der Waals surface area contributed by atoms with Crippen molar-refractivity contribution in [2.75, 3.05) is 0 Å². The highest BCUT2D eigenvalue weighted by molar-refractivity contribution is 6.78. The number of hydrogen-bond donors (Lipinski definition) is 0. The van der Waals surface area contributed by atoms with Crippen molar-refractivity contribution in [3.63, 3.8) is 0 Å². The van der Waals surface area contributed by atoms with Gasteiger partial charge in [0.05, 0.1) is 17.8 Å². The van der Waals surface area contributed by atoms with Gasteiger partial charge < -0.3 is 13.3 Å². The molecule has 3 nitrogen and oxygen atoms in total. The smallest absolute Gasteiger partial charge is 0.201 e. The molecular formula is C51H98O3Si3. The van der Waals surface area contributed by atoms with Crippen molar-refractivity contribution in [3.05, 3.63) is 35.5 Å². The lowest BCUT2D eigenvalue weighted by molar-refractivity contribution is 0.0704. The van der Waals surface area contributed by atoms with E-state index in [1.807, 2.05) is 0 Å². The molecule has 6 heteroatoms. The lowest BCUT2D eigenvalue weighted by atomic mass is 9.60. The van der Waals surface area contributed by atoms with Gasteiger partial charge in [0.1, 0.15) is 0 Å². The van der Waals surface area contributed by atoms with Crippen LogP contribution in [0.15, 0.2) is 35.5 Å². The van der Waals surface area contributed by atoms with Crippen molar-refractivity contribution in [2.24, 2.45) is 23.2 Å². The van der Waals surface area contributed by atoms with E-state index in [9.17, 15) is 0 Å². The van der Waals surface area contributed by atoms with Gasteiger partial charge in [-0.05, 0) is 144 Å². The van der Waals surface area contributed by atoms with Gasteiger partial charge in [-0.2, -0.15) is 0 Å². The predicted octanol–water partition coefficient (Wildman–Crippen LogP) is 17.1. The van der Waals surface area contributed by atoms with E-state index in [2.05, 4.69) is 144 Å². The number of fused-ring (bicyclic) bond motifs is 1. The molecule has 0 unspecified atom stereocenters. The maximum Gasteiger partial charge on any atom is 0.201 e. The Kier molecular flexibility index (Phi) is 18.6. The van der Waals surface area contributed by atoms with Gasteiger partial charge >= 0.3 is 0 Å². The van der Waals surface area contributed by atoms with Gasteiger partial charge in [-0.1, -0.05) is 155 Å². The zero-order chi connectivity index (χ0) is 43.3. The van der Waals surface area contributed by atoms with Crippen LogP contribution in [0, 0.1) is 23.2 Å². The fraction of sp³-hybridized carbons (Fsp3) is 0.882. The molecule has 332 valence electrons. The minimum Gasteiger partial charge on any atom is -0.413 e. The summed E-state index contributed by atoms with van der Waals surface area (Å²) in [6.45, 7) is 51.1. The van der Waals surface area contributed by atoms with Gasteiger partial charge in [0.25, 0.3) is 0 Å². The Morgan fingerprint density at radius 1 is 0.754 bits per heavy atom. The standard InChI is InChI=1S/C51H98O3Si3/c1-21-55(22-2,23-3)54-50(18,19)32-24-26-42(16)47-30-31-48-44(27-25-33-51(47,48)20)28-29-45-34-46(52-56(36(4)5,37(6)7)38(8)9)35-49(43(45)17)53-57(39(10)11,40(12)13)41(14)15/h28-29,36-42,46-49H,17,21-27,30-35H2,1-16,18-20H3/b44-28+,45-29-/t42-,46-,47-,48+,49+,51-/m1/s1. The Morgan fingerprint density at radius 2 is 1.26 bits per heavy atom. The first-order chi connectivity index (χ1) is 26.4. The van der Waals surface area contributed by atoms with Crippen LogP contribution in [0.25, 0.3) is 0 Å². The van der Waals surface area contributed by atoms with Crippen LogP contribution in [0.3, 0.4) is 0 Å². The summed E-state index contributed by atoms with van der Waals surface area (Å²) < 4.78 is 22.3. The number of rotatable bonds is 21. The third-order valence-corrected chi connectivity index (χ3v) is 34.1. The van der Waals surface area contributed by atoms with Crippen LogP contribution < -0.4 is 0 Å². The molecule has 0 N–H and O–H groups in total. The summed E-state index contributed by atoms with van der Waals surface area (Å²) >= 11 is 0. The van der Waals surface area contributed by atoms with Gasteiger partial charge in [-0.25, -0.2) is 0 Å². The minimum absolute atomic E-state index is 0.00829. The largest absolute Gasteiger partial charge is 0.413 e. The first-order valence-corrected chi connectivity index (χ1v) is 31.4. The first-order valence-electron chi connectivity index (χ1n) is 24.6. The Hall–Kier alpha value is -0.249. The summed E-state index contributed by atoms with van der Waals surface area (Å²) in [5, 5.41) is 0. The first kappa shape index (κ1) is 51.1. The monoisotopic (exact) mass is 843 g/mol. The fourth-order valence-electron chi connectivity index (χ4n) is 13.9. The Labute approximate surface area is 360 Å². The van der Waals surface area contributed by atoms with E-state index in [1.54, 1.807) is 5.57 Å². The molecule has 6 atom stereocenters. The van der Waals surface area contributed by atoms with Crippen molar-refractivity contribution in [2.45, 2.75) is 265 Å². The maximum absolute atomic E-state index is 7.65. The van der Waals surface area contributed by atoms with E-state index >= 15 is 0 Å². The van der Waals surface area contributed by atoms with Crippen molar-refractivity contribution in [3.8, 4) is 0 Å². The van der Waals surface area contributed by atoms with Gasteiger partial charge in [0.2, 0.25) is 16.6 Å². The van der Waals surface area contributed by atoms with Gasteiger partial charge in [0.15, 0.2) is 8.32 Å². The van der Waals surface area contributed by atoms with Crippen molar-refractivity contribution < 1.29 is 13.3 Å². The highest BCUT2D eigenvalue weighted by Gasteiger charge is 2.52. The SMILES string of the molecule is C=C1/C(=C\C=C2/CCC[C@]3(C)[C@@H]([C@H](C)CCCC(C)(C)O[Si](CC)(CC)CC)CC[C@@H]23)C[C@@H](O[Si](C(C)C)(C(C)C)C(C)C)C[C@@H]1O[Si](C(C)C)(C(C)C)C(C)C. The lowest BCUT2D eigenvalue weighted by Crippen LogP contribution is -2.54. The summed E-state index contributed by atoms with van der Waals surface area (Å²) in [5.41, 5.74) is 8.04. The van der Waals surface area contributed by atoms with E-state index in [0.717, 1.165) is 24.7 Å². The topological polar surface area (TPSA) is 27.7 Å². The Morgan fingerprint density at radius 3 is 1.75 bits per heavy atom. The lowest BCUT2D eigenvalue weighted by Gasteiger charge is -2.49. The van der Waals surface area contributed by atoms with E-state index < -0.39 is 25.0 Å². The molecule has 57 heavy (non-hydrogen) atoms. The van der Waals surface area contributed by atoms with Crippen LogP contribution >= 0.6 is 0 Å². The van der Waals surface area contributed by atoms with Crippen LogP contribution in [0.2, 0.25) is 51.4 Å². The Bertz CT molecular complexity index is 1280. The molecule has 0 saturated heterocycles. The van der Waals surface area contributed by atoms with Crippen LogP contribution in [0.4, 0.5) is 0 Å². The highest BCUT2D eigenvalue weighted by Crippen LogP contribution is 2.60. The van der Waals surface area contributed by atoms with Crippen molar-refractivity contribution in [1.29, 1.82) is 0 Å². The molecule has 0 amide bonds. The molecule has 0 spiro atoms. The molecule has 0 bridgehead atoms. The van der Waals surface area contributed by atoms with Crippen LogP contribution in [-0.2, 0) is 13.3 Å². The van der Waals surface area contributed by atoms with Crippen molar-refractivity contribution >= 4 is 25.0 Å². The third kappa shape index (κ3) is 11.0. The zero-order valence-corrected chi connectivity index (χ0v) is 44.6. The summed E-state index contributed by atoms with van der Waals surface area (Å²) in [7, 11) is -5.82. The minimum atomic E-state index is -2.13. The average Bonchev–Trinajstić information content (AvgIpc) is 3.48. The summed E-state index contributed by atoms with van der Waals surface area (Å²) in [6, 6.07) is 3.70. The molecule has 3 rings (SSSR count). The van der Waals surface area contributed by atoms with Crippen molar-refractivity contribution in [1.82, 2.24) is 0 Å². The third-order valence-electron chi connectivity index (χ3n) is 16.9. The van der Waals surface area contributed by atoms with E-state index in [1.165, 1.54) is 80.6 Å². The summed E-state index contributed by atoms with van der Waals surface area (Å²) in [4.78, 5) is 0. The summed E-state index contributed by atoms with van der Waals surface area (Å²) in [5.74, 6) is 2.26. The maximum atomic E-state index is 7.65. The van der Waals surface area contributed by atoms with E-state index in [4.69, 9.17) is 19.9 Å². The molecule has 0 radical (unpaired) electrons. The molecule has 0 aromatic heterocycles. The molecule has 3 aliphatic rings. The Balaban J connectivity index is 1.92. The number of allylic oxidation sites excluding steroid dienone is 3. The second kappa shape index (κ2) is 20.7. The van der Waals surface area contributed by atoms with Gasteiger partial charge in [-0.3, -0.25) is 0 Å². The number of hydrogen-bond acceptors (Lipinski definition) is 3. The molecule has 3 saturated carbocycles. The molecule has 3 aliphatic carbocycles. The molecule has 0 aliphatic heterocycles. The van der Waals surface area contributed by atoms with E-state index in [0.29, 0.717) is 44.6 Å². The van der Waals surface area contributed by atoms with E-state index in [-0.39, 0.29) is 17.8 Å². The van der Waals surface area contributed by atoms with Crippen LogP contribution in [0.1, 0.15) is 196 Å². The quantitative estimate of drug-likeness (QED) is 0.108. The van der Waals surface area contributed by atoms with Gasteiger partial charge in [-0.15, -0.1) is 0 Å². The van der Waals surface area contributed by atoms with Crippen LogP contribution in [0.5, 0.6) is 0 Å². The average molecular weight is 844 g/mol. The second-order valence-corrected chi connectivity index (χ2v) is 38.0.